The van der Waals surface area contributed by atoms with Crippen LogP contribution in [0.15, 0.2) is 35.9 Å². The quantitative estimate of drug-likeness (QED) is 0.0341. The Kier molecular flexibility index (Phi) is 22.8. The van der Waals surface area contributed by atoms with E-state index in [1.807, 2.05) is 6.92 Å². The van der Waals surface area contributed by atoms with Crippen LogP contribution in [-0.2, 0) is 66.5 Å². The first-order valence-corrected chi connectivity index (χ1v) is 34.6. The number of carbonyl (C=O) groups excluding carboxylic acids is 2. The van der Waals surface area contributed by atoms with E-state index in [1.165, 1.54) is 41.1 Å². The van der Waals surface area contributed by atoms with Gasteiger partial charge in [0.05, 0.1) is 63.2 Å². The fourth-order valence-electron chi connectivity index (χ4n) is 18.8. The van der Waals surface area contributed by atoms with Crippen molar-refractivity contribution in [1.82, 2.24) is 0 Å². The highest BCUT2D eigenvalue weighted by Crippen LogP contribution is 2.73. The number of methoxy groups -OCH3 is 2. The Bertz CT molecular complexity index is 3110. The van der Waals surface area contributed by atoms with Crippen molar-refractivity contribution in [2.45, 2.75) is 266 Å². The molecular formula is C69H102O31. The van der Waals surface area contributed by atoms with Crippen molar-refractivity contribution in [3.8, 4) is 11.5 Å². The lowest BCUT2D eigenvalue weighted by Crippen LogP contribution is -2.69. The number of aliphatic hydroxyl groups excluding tert-OH is 14. The molecule has 10 aliphatic rings. The Labute approximate surface area is 578 Å². The van der Waals surface area contributed by atoms with Gasteiger partial charge < -0.3 is 138 Å². The van der Waals surface area contributed by atoms with Gasteiger partial charge >= 0.3 is 17.9 Å². The number of aliphatic carboxylic acids is 1. The molecule has 0 amide bonds. The maximum Gasteiger partial charge on any atom is 0.331 e. The fourth-order valence-corrected chi connectivity index (χ4v) is 18.8. The van der Waals surface area contributed by atoms with E-state index in [4.69, 9.17) is 61.6 Å². The molecule has 0 spiro atoms. The summed E-state index contributed by atoms with van der Waals surface area (Å²) >= 11 is 0. The summed E-state index contributed by atoms with van der Waals surface area (Å²) in [6.07, 6.45) is -37.1. The molecule has 5 saturated heterocycles. The molecule has 34 unspecified atom stereocenters. The molecule has 5 aliphatic heterocycles. The standard InChI is InChI=1S/C69H102O31/c1-28-53(96-58-49(81)43(75)35(73)27-90-58)48(80)52(84)59(91-28)98-56-55(97-60-50(82)46(78)44(76)38(25-70)93-60)54(95-42(74)15-11-30-10-13-36(88-8)37(22-30)89-9)29(2)92-62(56)100-64(87)69-19-16-32-31(33(69)23-65(3,4)20-21-69)12-14-40-66(32,5)18-17-41-67(40,6)24-34(72)57(68(41,7)63(85)86)99-61-51(83)47(79)45(77)39(26-71)94-61/h10-13,15,22,28-29,32-35,38-41,43-62,70-73,75-84H,14,16-21,23-27H2,1-9H3,(H,85,86). The first-order chi connectivity index (χ1) is 47.1. The summed E-state index contributed by atoms with van der Waals surface area (Å²) in [5.74, 6) is -3.81. The average molecular weight is 1430 g/mol. The van der Waals surface area contributed by atoms with E-state index in [0.717, 1.165) is 11.6 Å². The maximum absolute atomic E-state index is 16.2. The smallest absolute Gasteiger partial charge is 0.331 e. The Balaban J connectivity index is 0.926. The minimum Gasteiger partial charge on any atom is -0.493 e. The third-order valence-corrected chi connectivity index (χ3v) is 24.4. The van der Waals surface area contributed by atoms with Crippen LogP contribution in [0.4, 0.5) is 0 Å². The number of esters is 2. The highest BCUT2D eigenvalue weighted by molar-refractivity contribution is 5.87. The van der Waals surface area contributed by atoms with Crippen LogP contribution in [0.1, 0.15) is 112 Å². The van der Waals surface area contributed by atoms with Gasteiger partial charge in [0, 0.05) is 6.08 Å². The summed E-state index contributed by atoms with van der Waals surface area (Å²) in [5.41, 5.74) is -3.36. The third-order valence-electron chi connectivity index (χ3n) is 24.4. The molecule has 31 nitrogen and oxygen atoms in total. The summed E-state index contributed by atoms with van der Waals surface area (Å²) in [4.78, 5) is 44.3. The van der Waals surface area contributed by atoms with E-state index in [0.29, 0.717) is 62.0 Å². The first-order valence-electron chi connectivity index (χ1n) is 34.6. The largest absolute Gasteiger partial charge is 0.493 e. The molecule has 1 aromatic carbocycles. The predicted octanol–water partition coefficient (Wildman–Crippen LogP) is -1.59. The van der Waals surface area contributed by atoms with Crippen LogP contribution in [0.5, 0.6) is 11.5 Å². The number of aliphatic hydroxyl groups is 14. The Hall–Kier alpha value is -4.21. The summed E-state index contributed by atoms with van der Waals surface area (Å²) in [7, 11) is 2.88. The van der Waals surface area contributed by atoms with E-state index in [9.17, 15) is 86.2 Å². The van der Waals surface area contributed by atoms with Crippen LogP contribution >= 0.6 is 0 Å². The Morgan fingerprint density at radius 3 is 1.76 bits per heavy atom. The topological polar surface area (TPSA) is 475 Å². The van der Waals surface area contributed by atoms with E-state index < -0.39 is 231 Å². The highest BCUT2D eigenvalue weighted by atomic mass is 16.8. The van der Waals surface area contributed by atoms with E-state index >= 15 is 4.79 Å². The van der Waals surface area contributed by atoms with E-state index in [2.05, 4.69) is 26.8 Å². The van der Waals surface area contributed by atoms with Crippen LogP contribution in [0.3, 0.4) is 0 Å². The molecule has 0 bridgehead atoms. The minimum absolute atomic E-state index is 0.0667. The number of hydrogen-bond acceptors (Lipinski definition) is 30. The number of carboxylic acids is 1. The lowest BCUT2D eigenvalue weighted by molar-refractivity contribution is -0.391. The number of rotatable bonds is 18. The third kappa shape index (κ3) is 13.7. The van der Waals surface area contributed by atoms with Gasteiger partial charge in [-0.25, -0.2) is 4.79 Å². The monoisotopic (exact) mass is 1430 g/mol. The summed E-state index contributed by atoms with van der Waals surface area (Å²) in [6, 6.07) is 4.83. The van der Waals surface area contributed by atoms with Crippen molar-refractivity contribution in [2.24, 2.45) is 50.7 Å². The van der Waals surface area contributed by atoms with Gasteiger partial charge in [0.15, 0.2) is 48.9 Å². The molecule has 1 aromatic rings. The summed E-state index contributed by atoms with van der Waals surface area (Å²) in [6.45, 7) is 10.7. The van der Waals surface area contributed by atoms with E-state index in [-0.39, 0.29) is 30.1 Å². The Morgan fingerprint density at radius 2 is 1.13 bits per heavy atom. The van der Waals surface area contributed by atoms with Crippen molar-refractivity contribution in [2.75, 3.05) is 34.0 Å². The van der Waals surface area contributed by atoms with Crippen LogP contribution in [0, 0.1) is 50.7 Å². The van der Waals surface area contributed by atoms with Crippen LogP contribution in [0.2, 0.25) is 0 Å². The maximum atomic E-state index is 16.2. The van der Waals surface area contributed by atoms with Crippen molar-refractivity contribution < 1.29 is 153 Å². The minimum atomic E-state index is -2.10. The second kappa shape index (κ2) is 29.6. The predicted molar refractivity (Wildman–Crippen MR) is 338 cm³/mol. The van der Waals surface area contributed by atoms with Gasteiger partial charge in [-0.2, -0.15) is 0 Å². The molecule has 5 aliphatic carbocycles. The number of benzene rings is 1. The summed E-state index contributed by atoms with van der Waals surface area (Å²) in [5, 5.41) is 165. The molecule has 0 aromatic heterocycles. The van der Waals surface area contributed by atoms with Crippen LogP contribution in [0.25, 0.3) is 6.08 Å². The molecule has 31 heteroatoms. The van der Waals surface area contributed by atoms with Crippen molar-refractivity contribution in [3.05, 3.63) is 41.5 Å². The lowest BCUT2D eigenvalue weighted by atomic mass is 9.36. The molecule has 4 saturated carbocycles. The summed E-state index contributed by atoms with van der Waals surface area (Å²) < 4.78 is 78.9. The lowest BCUT2D eigenvalue weighted by Gasteiger charge is -2.68. The molecule has 5 heterocycles. The number of carbonyl (C=O) groups is 3. The number of hydrogen-bond donors (Lipinski definition) is 15. The van der Waals surface area contributed by atoms with Crippen molar-refractivity contribution in [1.29, 1.82) is 0 Å². The van der Waals surface area contributed by atoms with Gasteiger partial charge in [0.1, 0.15) is 97.7 Å². The molecule has 564 valence electrons. The van der Waals surface area contributed by atoms with Gasteiger partial charge in [-0.1, -0.05) is 45.4 Å². The van der Waals surface area contributed by atoms with Crippen molar-refractivity contribution >= 4 is 24.0 Å². The molecule has 34 atom stereocenters. The first kappa shape index (κ1) is 76.9. The van der Waals surface area contributed by atoms with Gasteiger partial charge in [-0.3, -0.25) is 9.59 Å². The van der Waals surface area contributed by atoms with Gasteiger partial charge in [-0.15, -0.1) is 0 Å². The molecule has 15 N–H and O–H groups in total. The van der Waals surface area contributed by atoms with Crippen molar-refractivity contribution in [3.63, 3.8) is 0 Å². The zero-order chi connectivity index (χ0) is 72.8. The second-order valence-electron chi connectivity index (χ2n) is 30.8. The number of carboxylic acid groups (broad SMARTS) is 1. The van der Waals surface area contributed by atoms with Gasteiger partial charge in [-0.05, 0) is 142 Å². The molecular weight excluding hydrogens is 1320 g/mol. The fraction of sp³-hybridized carbons (Fsp3) is 0.812. The molecule has 0 radical (unpaired) electrons. The number of fused-ring (bicyclic) bond motifs is 7. The van der Waals surface area contributed by atoms with Crippen LogP contribution < -0.4 is 9.47 Å². The number of ether oxygens (including phenoxy) is 13. The van der Waals surface area contributed by atoms with Crippen LogP contribution in [-0.4, -0.2) is 288 Å². The highest BCUT2D eigenvalue weighted by Gasteiger charge is 2.71. The zero-order valence-electron chi connectivity index (χ0n) is 57.5. The molecule has 100 heavy (non-hydrogen) atoms. The molecule has 11 rings (SSSR count). The average Bonchev–Trinajstić information content (AvgIpc) is 0.684. The van der Waals surface area contributed by atoms with E-state index in [1.54, 1.807) is 18.2 Å². The SMILES string of the molecule is COc1ccc(C=CC(=O)OC2C(C)OC(OC(=O)C34CCC5C(=CCC6C5(C)CCC5C6(C)CC(O)C(OC6OC(CO)C(O)C(O)C6O)C5(C)C(=O)O)C3CC(C)(C)CC4)C(OC3OC(C)C(OC4OCC(O)C(O)C4O)C(O)C3O)C2OC2OC(CO)C(O)C(O)C2O)cc1OC. The second-order valence-corrected chi connectivity index (χ2v) is 30.8. The van der Waals surface area contributed by atoms with Gasteiger partial charge in [0.2, 0.25) is 6.29 Å². The Morgan fingerprint density at radius 1 is 0.550 bits per heavy atom. The van der Waals surface area contributed by atoms with Gasteiger partial charge in [0.25, 0.3) is 0 Å². The zero-order valence-corrected chi connectivity index (χ0v) is 57.5. The number of allylic oxidation sites excluding steroid dienone is 2. The molecule has 9 fully saturated rings. The normalized spacial score (nSPS) is 48.6.